The summed E-state index contributed by atoms with van der Waals surface area (Å²) in [4.78, 5) is 15.2. The molecule has 132 valence electrons. The molecule has 0 spiro atoms. The predicted molar refractivity (Wildman–Crippen MR) is 96.1 cm³/mol. The molecule has 0 atom stereocenters. The molecule has 0 amide bonds. The van der Waals surface area contributed by atoms with Gasteiger partial charge in [-0.25, -0.2) is 4.79 Å². The monoisotopic (exact) mass is 351 g/mol. The maximum absolute atomic E-state index is 12.4. The van der Waals surface area contributed by atoms with E-state index in [1.165, 1.54) is 6.07 Å². The van der Waals surface area contributed by atoms with Gasteiger partial charge in [0.2, 0.25) is 5.88 Å². The highest BCUT2D eigenvalue weighted by atomic mass is 16.5. The molecule has 7 nitrogen and oxygen atoms in total. The molecule has 0 aliphatic heterocycles. The van der Waals surface area contributed by atoms with Gasteiger partial charge in [0.1, 0.15) is 17.0 Å². The number of azo groups is 1. The average Bonchev–Trinajstić information content (AvgIpc) is 2.98. The summed E-state index contributed by atoms with van der Waals surface area (Å²) in [6, 6.07) is 15.4. The fraction of sp³-hybridized carbons (Fsp3) is 0.105. The van der Waals surface area contributed by atoms with Crippen molar-refractivity contribution in [2.45, 2.75) is 6.92 Å². The molecule has 26 heavy (non-hydrogen) atoms. The predicted octanol–water partition coefficient (Wildman–Crippen LogP) is 4.69. The summed E-state index contributed by atoms with van der Waals surface area (Å²) in [7, 11) is 0. The normalized spacial score (nSPS) is 11.0. The highest BCUT2D eigenvalue weighted by Crippen LogP contribution is 2.40. The van der Waals surface area contributed by atoms with Crippen molar-refractivity contribution in [1.29, 1.82) is 0 Å². The molecule has 7 heteroatoms. The molecule has 3 aromatic rings. The Hall–Kier alpha value is -3.61. The second kappa shape index (κ2) is 7.52. The van der Waals surface area contributed by atoms with Crippen molar-refractivity contribution in [2.24, 2.45) is 10.2 Å². The van der Waals surface area contributed by atoms with Crippen LogP contribution in [0.2, 0.25) is 0 Å². The summed E-state index contributed by atoms with van der Waals surface area (Å²) in [5, 5.41) is 27.9. The van der Waals surface area contributed by atoms with Crippen molar-refractivity contribution < 1.29 is 19.7 Å². The molecule has 0 aliphatic carbocycles. The molecule has 0 aliphatic rings. The number of hydrogen-bond donors (Lipinski definition) is 3. The third-order valence-corrected chi connectivity index (χ3v) is 3.64. The maximum atomic E-state index is 12.4. The Morgan fingerprint density at radius 3 is 2.42 bits per heavy atom. The lowest BCUT2D eigenvalue weighted by Gasteiger charge is -2.04. The number of esters is 1. The van der Waals surface area contributed by atoms with E-state index in [-0.39, 0.29) is 35.2 Å². The lowest BCUT2D eigenvalue weighted by atomic mass is 10.1. The van der Waals surface area contributed by atoms with Crippen LogP contribution >= 0.6 is 0 Å². The Morgan fingerprint density at radius 2 is 1.73 bits per heavy atom. The smallest absolute Gasteiger partial charge is 0.342 e. The fourth-order valence-electron chi connectivity index (χ4n) is 2.45. The highest BCUT2D eigenvalue weighted by molar-refractivity contribution is 6.03. The third-order valence-electron chi connectivity index (χ3n) is 3.64. The van der Waals surface area contributed by atoms with Crippen LogP contribution in [-0.2, 0) is 4.74 Å². The van der Waals surface area contributed by atoms with Crippen molar-refractivity contribution in [2.75, 3.05) is 6.61 Å². The molecule has 0 radical (unpaired) electrons. The highest BCUT2D eigenvalue weighted by Gasteiger charge is 2.25. The molecular weight excluding hydrogens is 334 g/mol. The van der Waals surface area contributed by atoms with Gasteiger partial charge in [0.15, 0.2) is 5.69 Å². The second-order valence-electron chi connectivity index (χ2n) is 5.35. The SMILES string of the molecule is CCOC(=O)c1c(-c2ccccc2)[nH]c(O)c1N=Nc1ccccc1O. The Bertz CT molecular complexity index is 949. The molecule has 3 N–H and O–H groups in total. The zero-order chi connectivity index (χ0) is 18.5. The average molecular weight is 351 g/mol. The van der Waals surface area contributed by atoms with Crippen LogP contribution in [0.1, 0.15) is 17.3 Å². The summed E-state index contributed by atoms with van der Waals surface area (Å²) in [5.74, 6) is -1.01. The van der Waals surface area contributed by atoms with E-state index >= 15 is 0 Å². The zero-order valence-electron chi connectivity index (χ0n) is 14.0. The van der Waals surface area contributed by atoms with Crippen LogP contribution in [0, 0.1) is 0 Å². The minimum absolute atomic E-state index is 0.0504. The van der Waals surface area contributed by atoms with E-state index in [2.05, 4.69) is 15.2 Å². The number of H-pyrrole nitrogens is 1. The number of rotatable bonds is 5. The van der Waals surface area contributed by atoms with Gasteiger partial charge in [-0.3, -0.25) is 0 Å². The van der Waals surface area contributed by atoms with E-state index < -0.39 is 5.97 Å². The Balaban J connectivity index is 2.11. The van der Waals surface area contributed by atoms with E-state index in [1.54, 1.807) is 37.3 Å². The molecule has 0 saturated heterocycles. The number of carbonyl (C=O) groups excluding carboxylic acids is 1. The Labute approximate surface area is 149 Å². The number of aromatic hydroxyl groups is 2. The second-order valence-corrected chi connectivity index (χ2v) is 5.35. The van der Waals surface area contributed by atoms with Crippen molar-refractivity contribution in [3.8, 4) is 22.9 Å². The van der Waals surface area contributed by atoms with Gasteiger partial charge in [-0.1, -0.05) is 42.5 Å². The fourth-order valence-corrected chi connectivity index (χ4v) is 2.45. The van der Waals surface area contributed by atoms with Crippen LogP contribution in [0.25, 0.3) is 11.3 Å². The molecule has 0 saturated carbocycles. The van der Waals surface area contributed by atoms with Crippen LogP contribution in [0.4, 0.5) is 11.4 Å². The Morgan fingerprint density at radius 1 is 1.04 bits per heavy atom. The lowest BCUT2D eigenvalue weighted by molar-refractivity contribution is 0.0528. The molecule has 0 fully saturated rings. The molecule has 0 bridgehead atoms. The van der Waals surface area contributed by atoms with Gasteiger partial charge in [-0.05, 0) is 24.6 Å². The number of carbonyl (C=O) groups is 1. The van der Waals surface area contributed by atoms with Crippen LogP contribution in [0.3, 0.4) is 0 Å². The number of phenolic OH excluding ortho intramolecular Hbond substituents is 1. The first-order valence-corrected chi connectivity index (χ1v) is 7.99. The number of nitrogens with one attached hydrogen (secondary N) is 1. The zero-order valence-corrected chi connectivity index (χ0v) is 14.0. The summed E-state index contributed by atoms with van der Waals surface area (Å²) < 4.78 is 5.10. The number of hydrogen-bond acceptors (Lipinski definition) is 6. The molecule has 2 aromatic carbocycles. The number of ether oxygens (including phenoxy) is 1. The number of aromatic amines is 1. The number of aromatic nitrogens is 1. The molecule has 0 unspecified atom stereocenters. The summed E-state index contributed by atoms with van der Waals surface area (Å²) in [6.07, 6.45) is 0. The molecule has 3 rings (SSSR count). The number of para-hydroxylation sites is 1. The van der Waals surface area contributed by atoms with Gasteiger partial charge in [0, 0.05) is 0 Å². The standard InChI is InChI=1S/C19H17N3O4/c1-2-26-19(25)15-16(12-8-4-3-5-9-12)20-18(24)17(15)22-21-13-10-6-7-11-14(13)23/h3-11,20,23-24H,2H2,1H3. The molecular formula is C19H17N3O4. The Kier molecular flexibility index (Phi) is 4.98. The lowest BCUT2D eigenvalue weighted by Crippen LogP contribution is -2.05. The van der Waals surface area contributed by atoms with Crippen LogP contribution in [-0.4, -0.2) is 27.8 Å². The minimum Gasteiger partial charge on any atom is -0.506 e. The van der Waals surface area contributed by atoms with Gasteiger partial charge in [-0.15, -0.1) is 10.2 Å². The van der Waals surface area contributed by atoms with E-state index in [0.29, 0.717) is 11.3 Å². The van der Waals surface area contributed by atoms with Crippen molar-refractivity contribution in [3.05, 3.63) is 60.2 Å². The van der Waals surface area contributed by atoms with Gasteiger partial charge in [0.25, 0.3) is 0 Å². The van der Waals surface area contributed by atoms with Crippen LogP contribution in [0.15, 0.2) is 64.8 Å². The number of benzene rings is 2. The van der Waals surface area contributed by atoms with E-state index in [1.807, 2.05) is 18.2 Å². The van der Waals surface area contributed by atoms with E-state index in [0.717, 1.165) is 0 Å². The first kappa shape index (κ1) is 17.2. The first-order chi connectivity index (χ1) is 12.6. The first-order valence-electron chi connectivity index (χ1n) is 7.99. The van der Waals surface area contributed by atoms with Gasteiger partial charge in [-0.2, -0.15) is 0 Å². The minimum atomic E-state index is -0.630. The quantitative estimate of drug-likeness (QED) is 0.458. The van der Waals surface area contributed by atoms with Gasteiger partial charge < -0.3 is 19.9 Å². The van der Waals surface area contributed by atoms with Gasteiger partial charge in [0.05, 0.1) is 12.3 Å². The summed E-state index contributed by atoms with van der Waals surface area (Å²) >= 11 is 0. The summed E-state index contributed by atoms with van der Waals surface area (Å²) in [5.41, 5.74) is 1.31. The third kappa shape index (κ3) is 3.41. The van der Waals surface area contributed by atoms with Crippen molar-refractivity contribution in [1.82, 2.24) is 4.98 Å². The van der Waals surface area contributed by atoms with E-state index in [4.69, 9.17) is 4.74 Å². The largest absolute Gasteiger partial charge is 0.506 e. The van der Waals surface area contributed by atoms with Crippen LogP contribution < -0.4 is 0 Å². The molecule has 1 heterocycles. The van der Waals surface area contributed by atoms with E-state index in [9.17, 15) is 15.0 Å². The molecule has 1 aromatic heterocycles. The number of nitrogens with zero attached hydrogens (tertiary/aromatic N) is 2. The maximum Gasteiger partial charge on any atom is 0.342 e. The topological polar surface area (TPSA) is 107 Å². The van der Waals surface area contributed by atoms with Crippen molar-refractivity contribution in [3.63, 3.8) is 0 Å². The van der Waals surface area contributed by atoms with Crippen LogP contribution in [0.5, 0.6) is 11.6 Å². The van der Waals surface area contributed by atoms with Crippen molar-refractivity contribution >= 4 is 17.3 Å². The number of phenols is 1. The van der Waals surface area contributed by atoms with Gasteiger partial charge >= 0.3 is 5.97 Å². The summed E-state index contributed by atoms with van der Waals surface area (Å²) in [6.45, 7) is 1.87.